The zero-order valence-electron chi connectivity index (χ0n) is 14.8. The van der Waals surface area contributed by atoms with E-state index in [4.69, 9.17) is 9.15 Å². The number of phenols is 2. The average Bonchev–Trinajstić information content (AvgIpc) is 2.63. The molecule has 0 bridgehead atoms. The molecule has 0 amide bonds. The van der Waals surface area contributed by atoms with Gasteiger partial charge in [0.2, 0.25) is 11.2 Å². The van der Waals surface area contributed by atoms with Crippen molar-refractivity contribution in [3.8, 4) is 34.3 Å². The molecule has 6 nitrogen and oxygen atoms in total. The predicted molar refractivity (Wildman–Crippen MR) is 103 cm³/mol. The van der Waals surface area contributed by atoms with Gasteiger partial charge in [0.05, 0.1) is 12.7 Å². The van der Waals surface area contributed by atoms with Gasteiger partial charge >= 0.3 is 0 Å². The van der Waals surface area contributed by atoms with Crippen LogP contribution < -0.4 is 10.2 Å². The van der Waals surface area contributed by atoms with Crippen LogP contribution in [0.1, 0.15) is 12.5 Å². The first-order valence-corrected chi connectivity index (χ1v) is 8.06. The maximum atomic E-state index is 12.7. The number of allylic oxidation sites excluding steroid dienone is 2. The predicted octanol–water partition coefficient (Wildman–Crippen LogP) is 4.17. The molecule has 27 heavy (non-hydrogen) atoms. The van der Waals surface area contributed by atoms with Crippen LogP contribution >= 0.6 is 0 Å². The van der Waals surface area contributed by atoms with Gasteiger partial charge in [-0.15, -0.1) is 0 Å². The number of benzene rings is 2. The highest BCUT2D eigenvalue weighted by molar-refractivity contribution is 5.95. The van der Waals surface area contributed by atoms with Crippen molar-refractivity contribution in [2.75, 3.05) is 7.11 Å². The summed E-state index contributed by atoms with van der Waals surface area (Å²) in [6.07, 6.45) is 3.16. The lowest BCUT2D eigenvalue weighted by Crippen LogP contribution is -2.04. The summed E-state index contributed by atoms with van der Waals surface area (Å²) in [6.45, 7) is 5.51. The van der Waals surface area contributed by atoms with E-state index in [9.17, 15) is 20.1 Å². The monoisotopic (exact) mass is 366 g/mol. The lowest BCUT2D eigenvalue weighted by Gasteiger charge is -2.11. The molecule has 0 saturated heterocycles. The van der Waals surface area contributed by atoms with Crippen LogP contribution in [0.5, 0.6) is 23.0 Å². The van der Waals surface area contributed by atoms with Crippen molar-refractivity contribution in [3.05, 3.63) is 64.3 Å². The minimum atomic E-state index is -0.801. The summed E-state index contributed by atoms with van der Waals surface area (Å²) < 4.78 is 10.9. The Kier molecular flexibility index (Phi) is 4.64. The van der Waals surface area contributed by atoms with Crippen molar-refractivity contribution in [3.63, 3.8) is 0 Å². The molecule has 0 unspecified atom stereocenters. The first-order chi connectivity index (χ1) is 12.8. The second-order valence-corrected chi connectivity index (χ2v) is 6.05. The van der Waals surface area contributed by atoms with Gasteiger partial charge in [-0.3, -0.25) is 4.79 Å². The molecule has 6 heteroatoms. The van der Waals surface area contributed by atoms with Crippen LogP contribution in [0, 0.1) is 0 Å². The molecular formula is C21H18O6. The fourth-order valence-corrected chi connectivity index (χ4v) is 2.67. The third kappa shape index (κ3) is 3.25. The highest BCUT2D eigenvalue weighted by Gasteiger charge is 2.21. The van der Waals surface area contributed by atoms with E-state index in [1.54, 1.807) is 37.3 Å². The Bertz CT molecular complexity index is 1120. The van der Waals surface area contributed by atoms with Gasteiger partial charge in [0.15, 0.2) is 11.3 Å². The quantitative estimate of drug-likeness (QED) is 0.599. The van der Waals surface area contributed by atoms with E-state index < -0.39 is 16.9 Å². The molecule has 0 atom stereocenters. The zero-order chi connectivity index (χ0) is 19.7. The van der Waals surface area contributed by atoms with Crippen molar-refractivity contribution in [1.29, 1.82) is 0 Å². The zero-order valence-corrected chi connectivity index (χ0v) is 14.8. The van der Waals surface area contributed by atoms with Crippen molar-refractivity contribution in [2.45, 2.75) is 6.92 Å². The van der Waals surface area contributed by atoms with Crippen LogP contribution in [0.4, 0.5) is 0 Å². The molecule has 0 fully saturated rings. The average molecular weight is 366 g/mol. The summed E-state index contributed by atoms with van der Waals surface area (Å²) in [7, 11) is 1.52. The van der Waals surface area contributed by atoms with Crippen molar-refractivity contribution >= 4 is 17.0 Å². The maximum Gasteiger partial charge on any atom is 0.238 e. The highest BCUT2D eigenvalue weighted by Crippen LogP contribution is 2.39. The van der Waals surface area contributed by atoms with Crippen LogP contribution in [0.2, 0.25) is 0 Å². The molecule has 3 N–H and O–H groups in total. The number of hydrogen-bond donors (Lipinski definition) is 3. The second-order valence-electron chi connectivity index (χ2n) is 6.05. The summed E-state index contributed by atoms with van der Waals surface area (Å²) in [4.78, 5) is 12.7. The summed E-state index contributed by atoms with van der Waals surface area (Å²) in [6, 6.07) is 7.58. The van der Waals surface area contributed by atoms with E-state index in [0.717, 1.165) is 6.07 Å². The minimum Gasteiger partial charge on any atom is -0.507 e. The second kappa shape index (κ2) is 6.92. The number of rotatable bonds is 4. The largest absolute Gasteiger partial charge is 0.507 e. The Hall–Kier alpha value is -3.67. The van der Waals surface area contributed by atoms with Gasteiger partial charge in [-0.2, -0.15) is 0 Å². The summed E-state index contributed by atoms with van der Waals surface area (Å²) >= 11 is 0. The molecule has 0 spiro atoms. The van der Waals surface area contributed by atoms with E-state index in [-0.39, 0.29) is 28.0 Å². The van der Waals surface area contributed by atoms with Gasteiger partial charge in [0.25, 0.3) is 0 Å². The standard InChI is InChI=1S/C21H18O6/c1-11(2)4-9-14-15(22)10-16(23)17-18(24)19(25)20(27-21(14)17)12-5-7-13(26-3)8-6-12/h4-10,22-23,25H,1H2,2-3H3. The Labute approximate surface area is 154 Å². The van der Waals surface area contributed by atoms with Crippen molar-refractivity contribution < 1.29 is 24.5 Å². The van der Waals surface area contributed by atoms with Gasteiger partial charge in [-0.05, 0) is 37.3 Å². The number of fused-ring (bicyclic) bond motifs is 1. The topological polar surface area (TPSA) is 100 Å². The molecule has 3 aromatic rings. The van der Waals surface area contributed by atoms with Crippen LogP contribution in [-0.2, 0) is 0 Å². The summed E-state index contributed by atoms with van der Waals surface area (Å²) in [5, 5.41) is 30.4. The smallest absolute Gasteiger partial charge is 0.238 e. The highest BCUT2D eigenvalue weighted by atomic mass is 16.5. The Morgan fingerprint density at radius 1 is 1.15 bits per heavy atom. The molecule has 3 rings (SSSR count). The van der Waals surface area contributed by atoms with Crippen LogP contribution in [0.25, 0.3) is 28.4 Å². The number of ether oxygens (including phenoxy) is 1. The molecule has 0 saturated carbocycles. The van der Waals surface area contributed by atoms with Gasteiger partial charge < -0.3 is 24.5 Å². The summed E-state index contributed by atoms with van der Waals surface area (Å²) in [5.41, 5.74) is 0.498. The molecule has 2 aromatic carbocycles. The summed E-state index contributed by atoms with van der Waals surface area (Å²) in [5.74, 6) is -0.873. The van der Waals surface area contributed by atoms with E-state index in [1.165, 1.54) is 13.2 Å². The van der Waals surface area contributed by atoms with Gasteiger partial charge in [0, 0.05) is 11.6 Å². The minimum absolute atomic E-state index is 0.0429. The number of methoxy groups -OCH3 is 1. The van der Waals surface area contributed by atoms with E-state index >= 15 is 0 Å². The first-order valence-electron chi connectivity index (χ1n) is 8.06. The van der Waals surface area contributed by atoms with Crippen LogP contribution in [0.15, 0.2) is 57.8 Å². The Morgan fingerprint density at radius 3 is 2.41 bits per heavy atom. The van der Waals surface area contributed by atoms with Gasteiger partial charge in [-0.25, -0.2) is 0 Å². The lowest BCUT2D eigenvalue weighted by atomic mass is 10.0. The fourth-order valence-electron chi connectivity index (χ4n) is 2.67. The van der Waals surface area contributed by atoms with E-state index in [2.05, 4.69) is 6.58 Å². The van der Waals surface area contributed by atoms with Crippen molar-refractivity contribution in [2.24, 2.45) is 0 Å². The normalized spacial score (nSPS) is 11.2. The molecule has 0 aliphatic carbocycles. The lowest BCUT2D eigenvalue weighted by molar-refractivity contribution is 0.414. The molecule has 1 heterocycles. The number of hydrogen-bond acceptors (Lipinski definition) is 6. The fraction of sp³-hybridized carbons (Fsp3) is 0.0952. The third-order valence-electron chi connectivity index (χ3n) is 4.03. The van der Waals surface area contributed by atoms with E-state index in [1.807, 2.05) is 0 Å². The van der Waals surface area contributed by atoms with E-state index in [0.29, 0.717) is 16.9 Å². The Morgan fingerprint density at radius 2 is 1.81 bits per heavy atom. The molecule has 0 radical (unpaired) electrons. The van der Waals surface area contributed by atoms with Crippen molar-refractivity contribution in [1.82, 2.24) is 0 Å². The number of aromatic hydroxyl groups is 3. The third-order valence-corrected chi connectivity index (χ3v) is 4.03. The molecule has 1 aromatic heterocycles. The molecule has 0 aliphatic rings. The molecular weight excluding hydrogens is 348 g/mol. The maximum absolute atomic E-state index is 12.7. The van der Waals surface area contributed by atoms with Gasteiger partial charge in [0.1, 0.15) is 22.6 Å². The molecule has 0 aliphatic heterocycles. The first kappa shape index (κ1) is 18.1. The number of phenolic OH excluding ortho intramolecular Hbond substituents is 2. The van der Waals surface area contributed by atoms with Gasteiger partial charge in [-0.1, -0.05) is 18.2 Å². The van der Waals surface area contributed by atoms with Crippen LogP contribution in [0.3, 0.4) is 0 Å². The van der Waals surface area contributed by atoms with Crippen LogP contribution in [-0.4, -0.2) is 22.4 Å². The Balaban J connectivity index is 2.37. The molecule has 138 valence electrons. The SMILES string of the molecule is C=C(C)C=Cc1c(O)cc(O)c2c(=O)c(O)c(-c3ccc(OC)cc3)oc12.